The van der Waals surface area contributed by atoms with Gasteiger partial charge in [-0.1, -0.05) is 47.5 Å². The van der Waals surface area contributed by atoms with Crippen LogP contribution in [0, 0.1) is 13.8 Å². The summed E-state index contributed by atoms with van der Waals surface area (Å²) in [7, 11) is 0. The van der Waals surface area contributed by atoms with Gasteiger partial charge in [0.25, 0.3) is 5.91 Å². The van der Waals surface area contributed by atoms with Crippen molar-refractivity contribution in [1.29, 1.82) is 0 Å². The average Bonchev–Trinajstić information content (AvgIpc) is 3.40. The number of aromatic nitrogens is 2. The number of anilines is 1. The molecule has 0 atom stereocenters. The minimum atomic E-state index is -0.201. The van der Waals surface area contributed by atoms with E-state index in [4.69, 9.17) is 27.9 Å². The maximum atomic E-state index is 12.6. The lowest BCUT2D eigenvalue weighted by atomic mass is 10.1. The first-order chi connectivity index (χ1) is 15.4. The van der Waals surface area contributed by atoms with Crippen LogP contribution in [0.1, 0.15) is 31.9 Å². The molecule has 8 heteroatoms. The molecule has 0 unspecified atom stereocenters. The SMILES string of the molecule is Cc1cccc(C)c1OCc1csc(C(=O)Nc2ccn(Cc3ccc(Cl)c(Cl)c3)n2)c1. The van der Waals surface area contributed by atoms with Gasteiger partial charge < -0.3 is 10.1 Å². The van der Waals surface area contributed by atoms with Crippen LogP contribution < -0.4 is 10.1 Å². The van der Waals surface area contributed by atoms with Crippen molar-refractivity contribution in [3.63, 3.8) is 0 Å². The summed E-state index contributed by atoms with van der Waals surface area (Å²) in [6, 6.07) is 15.1. The van der Waals surface area contributed by atoms with Crippen LogP contribution >= 0.6 is 34.5 Å². The number of para-hydroxylation sites is 1. The first-order valence-corrected chi connectivity index (χ1v) is 11.6. The van der Waals surface area contributed by atoms with Crippen LogP contribution in [0.3, 0.4) is 0 Å². The fourth-order valence-corrected chi connectivity index (χ4v) is 4.38. The smallest absolute Gasteiger partial charge is 0.266 e. The van der Waals surface area contributed by atoms with Gasteiger partial charge in [-0.15, -0.1) is 11.3 Å². The third-order valence-corrected chi connectivity index (χ3v) is 6.60. The van der Waals surface area contributed by atoms with Crippen molar-refractivity contribution in [1.82, 2.24) is 9.78 Å². The number of thiophene rings is 1. The maximum Gasteiger partial charge on any atom is 0.266 e. The number of halogens is 2. The number of nitrogens with one attached hydrogen (secondary N) is 1. The average molecular weight is 486 g/mol. The molecular formula is C24H21Cl2N3O2S. The van der Waals surface area contributed by atoms with Gasteiger partial charge in [-0.05, 0) is 54.1 Å². The number of rotatable bonds is 7. The molecule has 0 aliphatic heterocycles. The largest absolute Gasteiger partial charge is 0.488 e. The highest BCUT2D eigenvalue weighted by Crippen LogP contribution is 2.25. The molecule has 4 aromatic rings. The van der Waals surface area contributed by atoms with Gasteiger partial charge in [0, 0.05) is 17.8 Å². The zero-order valence-corrected chi connectivity index (χ0v) is 19.9. The fraction of sp³-hybridized carbons (Fsp3) is 0.167. The third-order valence-electron chi connectivity index (χ3n) is 4.88. The number of hydrogen-bond acceptors (Lipinski definition) is 4. The molecule has 1 N–H and O–H groups in total. The van der Waals surface area contributed by atoms with Crippen molar-refractivity contribution in [3.05, 3.63) is 97.3 Å². The van der Waals surface area contributed by atoms with Crippen LogP contribution in [0.2, 0.25) is 10.0 Å². The molecule has 2 aromatic carbocycles. The number of carbonyl (C=O) groups excluding carboxylic acids is 1. The van der Waals surface area contributed by atoms with Crippen molar-refractivity contribution in [2.45, 2.75) is 27.0 Å². The number of aryl methyl sites for hydroxylation is 2. The highest BCUT2D eigenvalue weighted by atomic mass is 35.5. The van der Waals surface area contributed by atoms with Crippen molar-refractivity contribution in [2.75, 3.05) is 5.32 Å². The second-order valence-corrected chi connectivity index (χ2v) is 9.16. The lowest BCUT2D eigenvalue weighted by Gasteiger charge is -2.10. The Kier molecular flexibility index (Phi) is 6.84. The van der Waals surface area contributed by atoms with E-state index in [1.165, 1.54) is 11.3 Å². The highest BCUT2D eigenvalue weighted by molar-refractivity contribution is 7.12. The van der Waals surface area contributed by atoms with Crippen molar-refractivity contribution in [2.24, 2.45) is 0 Å². The summed E-state index contributed by atoms with van der Waals surface area (Å²) in [6.45, 7) is 4.98. The topological polar surface area (TPSA) is 56.1 Å². The second kappa shape index (κ2) is 9.77. The van der Waals surface area contributed by atoms with Gasteiger partial charge in [-0.25, -0.2) is 0 Å². The number of ether oxygens (including phenoxy) is 1. The van der Waals surface area contributed by atoms with Gasteiger partial charge in [0.15, 0.2) is 5.82 Å². The second-order valence-electron chi connectivity index (χ2n) is 7.43. The Morgan fingerprint density at radius 1 is 1.06 bits per heavy atom. The third kappa shape index (κ3) is 5.33. The molecule has 2 heterocycles. The number of nitrogens with zero attached hydrogens (tertiary/aromatic N) is 2. The van der Waals surface area contributed by atoms with Crippen molar-refractivity contribution < 1.29 is 9.53 Å². The molecule has 0 aliphatic carbocycles. The Balaban J connectivity index is 1.35. The molecule has 32 heavy (non-hydrogen) atoms. The van der Waals surface area contributed by atoms with Gasteiger partial charge in [-0.3, -0.25) is 9.48 Å². The molecule has 164 valence electrons. The molecule has 0 saturated carbocycles. The lowest BCUT2D eigenvalue weighted by molar-refractivity contribution is 0.103. The lowest BCUT2D eigenvalue weighted by Crippen LogP contribution is -2.11. The zero-order valence-electron chi connectivity index (χ0n) is 17.6. The van der Waals surface area contributed by atoms with Gasteiger partial charge in [0.1, 0.15) is 12.4 Å². The van der Waals surface area contributed by atoms with Crippen LogP contribution in [0.15, 0.2) is 60.1 Å². The summed E-state index contributed by atoms with van der Waals surface area (Å²) < 4.78 is 7.71. The summed E-state index contributed by atoms with van der Waals surface area (Å²) in [5.74, 6) is 1.17. The number of hydrogen-bond donors (Lipinski definition) is 1. The minimum Gasteiger partial charge on any atom is -0.488 e. The Morgan fingerprint density at radius 3 is 2.59 bits per heavy atom. The van der Waals surface area contributed by atoms with Crippen LogP contribution in [0.4, 0.5) is 5.82 Å². The molecule has 0 radical (unpaired) electrons. The maximum absolute atomic E-state index is 12.6. The monoisotopic (exact) mass is 485 g/mol. The summed E-state index contributed by atoms with van der Waals surface area (Å²) in [4.78, 5) is 13.2. The Morgan fingerprint density at radius 2 is 1.84 bits per heavy atom. The van der Waals surface area contributed by atoms with E-state index in [0.29, 0.717) is 33.9 Å². The van der Waals surface area contributed by atoms with Crippen LogP contribution in [0.5, 0.6) is 5.75 Å². The highest BCUT2D eigenvalue weighted by Gasteiger charge is 2.12. The normalized spacial score (nSPS) is 10.9. The zero-order chi connectivity index (χ0) is 22.7. The molecule has 0 aliphatic rings. The summed E-state index contributed by atoms with van der Waals surface area (Å²) in [5.41, 5.74) is 4.10. The van der Waals surface area contributed by atoms with E-state index < -0.39 is 0 Å². The van der Waals surface area contributed by atoms with E-state index >= 15 is 0 Å². The molecular weight excluding hydrogens is 465 g/mol. The van der Waals surface area contributed by atoms with E-state index in [-0.39, 0.29) is 5.91 Å². The Hall–Kier alpha value is -2.80. The number of carbonyl (C=O) groups is 1. The van der Waals surface area contributed by atoms with E-state index in [0.717, 1.165) is 28.0 Å². The predicted molar refractivity (Wildman–Crippen MR) is 130 cm³/mol. The predicted octanol–water partition coefficient (Wildman–Crippen LogP) is 6.75. The molecule has 1 amide bonds. The quantitative estimate of drug-likeness (QED) is 0.315. The van der Waals surface area contributed by atoms with Gasteiger partial charge in [-0.2, -0.15) is 5.10 Å². The van der Waals surface area contributed by atoms with Gasteiger partial charge >= 0.3 is 0 Å². The standard InChI is InChI=1S/C24H21Cl2N3O2S/c1-15-4-3-5-16(2)23(15)31-13-18-11-21(32-14-18)24(30)27-22-8-9-29(28-22)12-17-6-7-19(25)20(26)10-17/h3-11,14H,12-13H2,1-2H3,(H,27,28,30). The number of amides is 1. The summed E-state index contributed by atoms with van der Waals surface area (Å²) in [6.07, 6.45) is 1.80. The molecule has 0 spiro atoms. The minimum absolute atomic E-state index is 0.201. The Labute approximate surface area is 200 Å². The van der Waals surface area contributed by atoms with E-state index in [2.05, 4.69) is 10.4 Å². The van der Waals surface area contributed by atoms with E-state index in [1.54, 1.807) is 29.1 Å². The molecule has 5 nitrogen and oxygen atoms in total. The number of benzene rings is 2. The van der Waals surface area contributed by atoms with Crippen molar-refractivity contribution in [3.8, 4) is 5.75 Å². The molecule has 0 saturated heterocycles. The summed E-state index contributed by atoms with van der Waals surface area (Å²) in [5, 5.41) is 10.2. The van der Waals surface area contributed by atoms with Crippen LogP contribution in [-0.2, 0) is 13.2 Å². The summed E-state index contributed by atoms with van der Waals surface area (Å²) >= 11 is 13.4. The van der Waals surface area contributed by atoms with Crippen LogP contribution in [0.25, 0.3) is 0 Å². The molecule has 2 aromatic heterocycles. The molecule has 0 bridgehead atoms. The van der Waals surface area contributed by atoms with Crippen molar-refractivity contribution >= 4 is 46.3 Å². The van der Waals surface area contributed by atoms with E-state index in [1.807, 2.05) is 49.6 Å². The fourth-order valence-electron chi connectivity index (χ4n) is 3.27. The van der Waals surface area contributed by atoms with Gasteiger partial charge in [0.05, 0.1) is 21.5 Å². The molecule has 0 fully saturated rings. The van der Waals surface area contributed by atoms with Gasteiger partial charge in [0.2, 0.25) is 0 Å². The van der Waals surface area contributed by atoms with Crippen LogP contribution in [-0.4, -0.2) is 15.7 Å². The first-order valence-electron chi connectivity index (χ1n) is 9.94. The first kappa shape index (κ1) is 22.4. The Bertz CT molecular complexity index is 1250. The van der Waals surface area contributed by atoms with E-state index in [9.17, 15) is 4.79 Å². The molecule has 4 rings (SSSR count).